The molecule has 1 N–H and O–H groups in total. The van der Waals surface area contributed by atoms with E-state index in [0.717, 1.165) is 30.7 Å². The lowest BCUT2D eigenvalue weighted by atomic mass is 9.93. The number of ether oxygens (including phenoxy) is 2. The van der Waals surface area contributed by atoms with Crippen molar-refractivity contribution in [3.05, 3.63) is 23.3 Å². The molecule has 0 saturated carbocycles. The minimum absolute atomic E-state index is 0.238. The Hall–Kier alpha value is -1.29. The molecule has 1 aliphatic rings. The van der Waals surface area contributed by atoms with Crippen LogP contribution in [-0.2, 0) is 5.67 Å². The first-order valence-corrected chi connectivity index (χ1v) is 6.66. The third-order valence-corrected chi connectivity index (χ3v) is 3.63. The fourth-order valence-corrected chi connectivity index (χ4v) is 2.61. The molecule has 1 unspecified atom stereocenters. The smallest absolute Gasteiger partial charge is 0.134 e. The Labute approximate surface area is 114 Å². The van der Waals surface area contributed by atoms with Gasteiger partial charge in [-0.2, -0.15) is 0 Å². The molecule has 4 heteroatoms. The van der Waals surface area contributed by atoms with Gasteiger partial charge >= 0.3 is 0 Å². The van der Waals surface area contributed by atoms with Crippen molar-refractivity contribution in [3.8, 4) is 11.5 Å². The number of hydrogen-bond acceptors (Lipinski definition) is 3. The van der Waals surface area contributed by atoms with E-state index in [9.17, 15) is 4.39 Å². The van der Waals surface area contributed by atoms with Crippen LogP contribution >= 0.6 is 0 Å². The summed E-state index contributed by atoms with van der Waals surface area (Å²) in [6, 6.07) is 3.90. The fourth-order valence-electron chi connectivity index (χ4n) is 2.61. The zero-order chi connectivity index (χ0) is 14.0. The Bertz CT molecular complexity index is 448. The number of alkyl halides is 1. The van der Waals surface area contributed by atoms with E-state index in [0.29, 0.717) is 11.3 Å². The molecule has 1 aromatic carbocycles. The summed E-state index contributed by atoms with van der Waals surface area (Å²) < 4.78 is 25.0. The number of methoxy groups -OCH3 is 2. The number of benzene rings is 1. The molecule has 2 rings (SSSR count). The molecular formula is C15H22FNO2. The molecule has 0 radical (unpaired) electrons. The molecule has 0 spiro atoms. The third-order valence-electron chi connectivity index (χ3n) is 3.63. The predicted octanol–water partition coefficient (Wildman–Crippen LogP) is 3.33. The number of hydrogen-bond donors (Lipinski definition) is 1. The van der Waals surface area contributed by atoms with E-state index >= 15 is 0 Å². The van der Waals surface area contributed by atoms with Crippen molar-refractivity contribution in [1.82, 2.24) is 5.32 Å². The highest BCUT2D eigenvalue weighted by molar-refractivity contribution is 5.50. The predicted molar refractivity (Wildman–Crippen MR) is 73.7 cm³/mol. The molecule has 1 aliphatic heterocycles. The van der Waals surface area contributed by atoms with Gasteiger partial charge < -0.3 is 14.8 Å². The maximum atomic E-state index is 14.3. The van der Waals surface area contributed by atoms with Crippen molar-refractivity contribution in [2.75, 3.05) is 20.8 Å². The summed E-state index contributed by atoms with van der Waals surface area (Å²) in [7, 11) is 3.19. The summed E-state index contributed by atoms with van der Waals surface area (Å²) in [5.41, 5.74) is 0.145. The standard InChI is InChI=1S/C15H22FNO2/c1-15(2,16)11-8-10(12-6-5-7-17-12)13(18-3)9-14(11)19-4/h8-9,12,17H,5-7H2,1-4H3. The van der Waals surface area contributed by atoms with Crippen molar-refractivity contribution in [1.29, 1.82) is 0 Å². The van der Waals surface area contributed by atoms with E-state index in [1.165, 1.54) is 0 Å². The summed E-state index contributed by atoms with van der Waals surface area (Å²) in [4.78, 5) is 0. The van der Waals surface area contributed by atoms with Gasteiger partial charge in [-0.3, -0.25) is 0 Å². The van der Waals surface area contributed by atoms with Crippen LogP contribution in [0.25, 0.3) is 0 Å². The zero-order valence-electron chi connectivity index (χ0n) is 12.0. The van der Waals surface area contributed by atoms with Gasteiger partial charge in [0, 0.05) is 23.2 Å². The Morgan fingerprint density at radius 3 is 2.37 bits per heavy atom. The van der Waals surface area contributed by atoms with E-state index < -0.39 is 5.67 Å². The quantitative estimate of drug-likeness (QED) is 0.907. The molecule has 0 amide bonds. The van der Waals surface area contributed by atoms with Gasteiger partial charge in [0.2, 0.25) is 0 Å². The Balaban J connectivity index is 2.52. The van der Waals surface area contributed by atoms with Gasteiger partial charge in [-0.15, -0.1) is 0 Å². The van der Waals surface area contributed by atoms with Crippen LogP contribution in [0.3, 0.4) is 0 Å². The third kappa shape index (κ3) is 2.84. The highest BCUT2D eigenvalue weighted by Gasteiger charge is 2.28. The molecule has 0 aliphatic carbocycles. The van der Waals surface area contributed by atoms with Gasteiger partial charge in [-0.05, 0) is 39.3 Å². The van der Waals surface area contributed by atoms with Gasteiger partial charge in [0.25, 0.3) is 0 Å². The average molecular weight is 267 g/mol. The molecule has 19 heavy (non-hydrogen) atoms. The maximum absolute atomic E-state index is 14.3. The highest BCUT2D eigenvalue weighted by atomic mass is 19.1. The molecule has 1 saturated heterocycles. The second-order valence-electron chi connectivity index (χ2n) is 5.42. The Morgan fingerprint density at radius 2 is 1.89 bits per heavy atom. The highest BCUT2D eigenvalue weighted by Crippen LogP contribution is 2.41. The van der Waals surface area contributed by atoms with Crippen molar-refractivity contribution < 1.29 is 13.9 Å². The number of rotatable bonds is 4. The first-order valence-electron chi connectivity index (χ1n) is 6.66. The summed E-state index contributed by atoms with van der Waals surface area (Å²) in [6.45, 7) is 4.08. The van der Waals surface area contributed by atoms with Crippen molar-refractivity contribution in [2.45, 2.75) is 38.4 Å². The first-order chi connectivity index (χ1) is 8.97. The van der Waals surface area contributed by atoms with Crippen molar-refractivity contribution in [3.63, 3.8) is 0 Å². The van der Waals surface area contributed by atoms with Gasteiger partial charge in [-0.25, -0.2) is 4.39 Å². The van der Waals surface area contributed by atoms with E-state index in [2.05, 4.69) is 5.32 Å². The Kier molecular flexibility index (Phi) is 3.99. The van der Waals surface area contributed by atoms with E-state index in [1.54, 1.807) is 34.1 Å². The lowest BCUT2D eigenvalue weighted by Crippen LogP contribution is -2.17. The van der Waals surface area contributed by atoms with Crippen LogP contribution in [0.1, 0.15) is 43.9 Å². The normalized spacial score (nSPS) is 19.5. The molecule has 1 heterocycles. The van der Waals surface area contributed by atoms with E-state index in [4.69, 9.17) is 9.47 Å². The topological polar surface area (TPSA) is 30.5 Å². The second kappa shape index (κ2) is 5.37. The van der Waals surface area contributed by atoms with Crippen LogP contribution in [0.15, 0.2) is 12.1 Å². The summed E-state index contributed by atoms with van der Waals surface area (Å²) in [6.07, 6.45) is 2.18. The largest absolute Gasteiger partial charge is 0.496 e. The molecule has 1 aromatic rings. The summed E-state index contributed by atoms with van der Waals surface area (Å²) >= 11 is 0. The SMILES string of the molecule is COc1cc(OC)c(C(C)(C)F)cc1C1CCCN1. The van der Waals surface area contributed by atoms with Crippen LogP contribution in [0.5, 0.6) is 11.5 Å². The molecule has 0 aromatic heterocycles. The van der Waals surface area contributed by atoms with Crippen LogP contribution < -0.4 is 14.8 Å². The monoisotopic (exact) mass is 267 g/mol. The summed E-state index contributed by atoms with van der Waals surface area (Å²) in [5.74, 6) is 1.29. The average Bonchev–Trinajstić information content (AvgIpc) is 2.89. The number of nitrogens with one attached hydrogen (secondary N) is 1. The molecule has 106 valence electrons. The molecule has 1 atom stereocenters. The van der Waals surface area contributed by atoms with E-state index in [-0.39, 0.29) is 6.04 Å². The first kappa shape index (κ1) is 14.1. The van der Waals surface area contributed by atoms with Crippen LogP contribution in [0.4, 0.5) is 4.39 Å². The molecule has 3 nitrogen and oxygen atoms in total. The zero-order valence-corrected chi connectivity index (χ0v) is 12.0. The van der Waals surface area contributed by atoms with E-state index in [1.807, 2.05) is 6.07 Å². The van der Waals surface area contributed by atoms with Crippen molar-refractivity contribution in [2.24, 2.45) is 0 Å². The van der Waals surface area contributed by atoms with Crippen molar-refractivity contribution >= 4 is 0 Å². The van der Waals surface area contributed by atoms with Gasteiger partial charge in [0.05, 0.1) is 14.2 Å². The van der Waals surface area contributed by atoms with Crippen LogP contribution in [0, 0.1) is 0 Å². The molecular weight excluding hydrogens is 245 g/mol. The fraction of sp³-hybridized carbons (Fsp3) is 0.600. The van der Waals surface area contributed by atoms with Gasteiger partial charge in [-0.1, -0.05) is 0 Å². The summed E-state index contributed by atoms with van der Waals surface area (Å²) in [5, 5.41) is 3.42. The second-order valence-corrected chi connectivity index (χ2v) is 5.42. The minimum Gasteiger partial charge on any atom is -0.496 e. The van der Waals surface area contributed by atoms with Gasteiger partial charge in [0.1, 0.15) is 17.2 Å². The lowest BCUT2D eigenvalue weighted by molar-refractivity contribution is 0.213. The number of halogens is 1. The molecule has 1 fully saturated rings. The molecule has 0 bridgehead atoms. The Morgan fingerprint density at radius 1 is 1.21 bits per heavy atom. The van der Waals surface area contributed by atoms with Gasteiger partial charge in [0.15, 0.2) is 0 Å². The lowest BCUT2D eigenvalue weighted by Gasteiger charge is -2.23. The minimum atomic E-state index is -1.44. The maximum Gasteiger partial charge on any atom is 0.134 e. The van der Waals surface area contributed by atoms with Crippen LogP contribution in [-0.4, -0.2) is 20.8 Å². The van der Waals surface area contributed by atoms with Crippen LogP contribution in [0.2, 0.25) is 0 Å².